The van der Waals surface area contributed by atoms with E-state index in [-0.39, 0.29) is 0 Å². The minimum Gasteiger partial charge on any atom is -0.507 e. The van der Waals surface area contributed by atoms with Crippen LogP contribution in [0.15, 0.2) is 22.7 Å². The van der Waals surface area contributed by atoms with E-state index >= 15 is 0 Å². The molecule has 82 valence electrons. The summed E-state index contributed by atoms with van der Waals surface area (Å²) in [4.78, 5) is 0. The van der Waals surface area contributed by atoms with Crippen molar-refractivity contribution in [3.8, 4) is 5.75 Å². The van der Waals surface area contributed by atoms with Gasteiger partial charge in [-0.15, -0.1) is 0 Å². The number of phenolic OH excluding ortho intramolecular Hbond substituents is 1. The molecule has 1 aromatic rings. The minimum absolute atomic E-state index is 0.349. The summed E-state index contributed by atoms with van der Waals surface area (Å²) in [6, 6.07) is 5.72. The highest BCUT2D eigenvalue weighted by molar-refractivity contribution is 9.10. The molecule has 3 heteroatoms. The normalized spacial score (nSPS) is 17.9. The standard InChI is InChI=1S/C12H16BrNO/c13-12-10(2-1-3-11(12)15)8-9-4-6-14-7-5-9/h1-3,9,14-15H,4-8H2. The highest BCUT2D eigenvalue weighted by Crippen LogP contribution is 2.30. The number of halogens is 1. The molecular formula is C12H16BrNO. The van der Waals surface area contributed by atoms with Crippen molar-refractivity contribution in [1.82, 2.24) is 5.32 Å². The van der Waals surface area contributed by atoms with Gasteiger partial charge in [-0.2, -0.15) is 0 Å². The van der Waals surface area contributed by atoms with Crippen molar-refractivity contribution in [2.75, 3.05) is 13.1 Å². The van der Waals surface area contributed by atoms with E-state index in [0.717, 1.165) is 29.9 Å². The van der Waals surface area contributed by atoms with Crippen molar-refractivity contribution in [3.63, 3.8) is 0 Å². The maximum Gasteiger partial charge on any atom is 0.130 e. The average molecular weight is 270 g/mol. The molecule has 0 bridgehead atoms. The third-order valence-corrected chi connectivity index (χ3v) is 3.94. The van der Waals surface area contributed by atoms with Gasteiger partial charge >= 0.3 is 0 Å². The smallest absolute Gasteiger partial charge is 0.130 e. The molecule has 0 atom stereocenters. The molecular weight excluding hydrogens is 254 g/mol. The second-order valence-electron chi connectivity index (χ2n) is 4.15. The predicted octanol–water partition coefficient (Wildman–Crippen LogP) is 2.70. The van der Waals surface area contributed by atoms with Crippen LogP contribution in [0, 0.1) is 5.92 Å². The van der Waals surface area contributed by atoms with E-state index in [1.54, 1.807) is 6.07 Å². The fraction of sp³-hybridized carbons (Fsp3) is 0.500. The summed E-state index contributed by atoms with van der Waals surface area (Å²) in [7, 11) is 0. The summed E-state index contributed by atoms with van der Waals surface area (Å²) < 4.78 is 0.864. The Labute approximate surface area is 98.8 Å². The summed E-state index contributed by atoms with van der Waals surface area (Å²) in [6.45, 7) is 2.25. The quantitative estimate of drug-likeness (QED) is 0.866. The van der Waals surface area contributed by atoms with E-state index in [0.29, 0.717) is 5.75 Å². The van der Waals surface area contributed by atoms with Gasteiger partial charge in [-0.25, -0.2) is 0 Å². The molecule has 0 amide bonds. The molecule has 0 aromatic heterocycles. The van der Waals surface area contributed by atoms with Crippen molar-refractivity contribution in [2.45, 2.75) is 19.3 Å². The van der Waals surface area contributed by atoms with Crippen LogP contribution in [0.3, 0.4) is 0 Å². The van der Waals surface area contributed by atoms with Gasteiger partial charge in [0, 0.05) is 0 Å². The third kappa shape index (κ3) is 2.73. The molecule has 1 saturated heterocycles. The zero-order valence-electron chi connectivity index (χ0n) is 8.67. The van der Waals surface area contributed by atoms with Crippen LogP contribution >= 0.6 is 15.9 Å². The molecule has 1 heterocycles. The summed E-state index contributed by atoms with van der Waals surface area (Å²) in [5, 5.41) is 12.9. The summed E-state index contributed by atoms with van der Waals surface area (Å²) in [6.07, 6.45) is 3.54. The van der Waals surface area contributed by atoms with Crippen LogP contribution in [-0.4, -0.2) is 18.2 Å². The molecule has 0 aliphatic carbocycles. The van der Waals surface area contributed by atoms with E-state index in [1.165, 1.54) is 18.4 Å². The van der Waals surface area contributed by atoms with Crippen molar-refractivity contribution >= 4 is 15.9 Å². The highest BCUT2D eigenvalue weighted by Gasteiger charge is 2.15. The van der Waals surface area contributed by atoms with Crippen molar-refractivity contribution in [1.29, 1.82) is 0 Å². The number of hydrogen-bond donors (Lipinski definition) is 2. The van der Waals surface area contributed by atoms with Gasteiger partial charge in [-0.3, -0.25) is 0 Å². The van der Waals surface area contributed by atoms with Gasteiger partial charge in [0.15, 0.2) is 0 Å². The van der Waals surface area contributed by atoms with Crippen LogP contribution in [0.2, 0.25) is 0 Å². The third-order valence-electron chi connectivity index (χ3n) is 3.03. The molecule has 0 saturated carbocycles. The van der Waals surface area contributed by atoms with Crippen LogP contribution < -0.4 is 5.32 Å². The molecule has 2 rings (SSSR count). The van der Waals surface area contributed by atoms with Crippen molar-refractivity contribution in [2.24, 2.45) is 5.92 Å². The van der Waals surface area contributed by atoms with Crippen molar-refractivity contribution in [3.05, 3.63) is 28.2 Å². The van der Waals surface area contributed by atoms with Gasteiger partial charge in [-0.05, 0) is 65.8 Å². The molecule has 2 nitrogen and oxygen atoms in total. The Balaban J connectivity index is 2.06. The van der Waals surface area contributed by atoms with Gasteiger partial charge in [0.05, 0.1) is 4.47 Å². The largest absolute Gasteiger partial charge is 0.507 e. The Morgan fingerprint density at radius 3 is 2.80 bits per heavy atom. The molecule has 0 spiro atoms. The molecule has 0 radical (unpaired) electrons. The summed E-state index contributed by atoms with van der Waals surface area (Å²) in [5.41, 5.74) is 1.22. The lowest BCUT2D eigenvalue weighted by Crippen LogP contribution is -2.28. The number of aromatic hydroxyl groups is 1. The van der Waals surface area contributed by atoms with E-state index in [2.05, 4.69) is 27.3 Å². The summed E-state index contributed by atoms with van der Waals surface area (Å²) >= 11 is 3.44. The average Bonchev–Trinajstić information content (AvgIpc) is 2.26. The van der Waals surface area contributed by atoms with Crippen LogP contribution in [-0.2, 0) is 6.42 Å². The van der Waals surface area contributed by atoms with Crippen molar-refractivity contribution < 1.29 is 5.11 Å². The monoisotopic (exact) mass is 269 g/mol. The molecule has 15 heavy (non-hydrogen) atoms. The Kier molecular flexibility index (Phi) is 3.65. The van der Waals surface area contributed by atoms with Crippen LogP contribution in [0.4, 0.5) is 0 Å². The van der Waals surface area contributed by atoms with Crippen LogP contribution in [0.25, 0.3) is 0 Å². The number of rotatable bonds is 2. The SMILES string of the molecule is Oc1cccc(CC2CCNCC2)c1Br. The highest BCUT2D eigenvalue weighted by atomic mass is 79.9. The molecule has 1 aliphatic heterocycles. The first-order chi connectivity index (χ1) is 7.27. The lowest BCUT2D eigenvalue weighted by atomic mass is 9.91. The lowest BCUT2D eigenvalue weighted by molar-refractivity contribution is 0.371. The van der Waals surface area contributed by atoms with Gasteiger partial charge in [0.2, 0.25) is 0 Å². The Morgan fingerprint density at radius 1 is 1.33 bits per heavy atom. The molecule has 1 fully saturated rings. The maximum absolute atomic E-state index is 9.57. The first kappa shape index (κ1) is 11.0. The Bertz CT molecular complexity index is 334. The van der Waals surface area contributed by atoms with E-state index in [9.17, 15) is 5.11 Å². The molecule has 0 unspecified atom stereocenters. The second-order valence-corrected chi connectivity index (χ2v) is 4.94. The number of hydrogen-bond acceptors (Lipinski definition) is 2. The summed E-state index contributed by atoms with van der Waals surface area (Å²) in [5.74, 6) is 1.10. The minimum atomic E-state index is 0.349. The second kappa shape index (κ2) is 4.99. The Morgan fingerprint density at radius 2 is 2.07 bits per heavy atom. The van der Waals surface area contributed by atoms with Gasteiger partial charge in [0.25, 0.3) is 0 Å². The molecule has 1 aliphatic rings. The lowest BCUT2D eigenvalue weighted by Gasteiger charge is -2.23. The van der Waals surface area contributed by atoms with E-state index in [4.69, 9.17) is 0 Å². The fourth-order valence-electron chi connectivity index (χ4n) is 2.12. The van der Waals surface area contributed by atoms with E-state index in [1.807, 2.05) is 6.07 Å². The van der Waals surface area contributed by atoms with Gasteiger partial charge < -0.3 is 10.4 Å². The fourth-order valence-corrected chi connectivity index (χ4v) is 2.55. The zero-order chi connectivity index (χ0) is 10.7. The first-order valence-corrected chi connectivity index (χ1v) is 6.24. The number of phenols is 1. The number of benzene rings is 1. The van der Waals surface area contributed by atoms with Crippen LogP contribution in [0.1, 0.15) is 18.4 Å². The number of piperidine rings is 1. The Hall–Kier alpha value is -0.540. The maximum atomic E-state index is 9.57. The van der Waals surface area contributed by atoms with Gasteiger partial charge in [-0.1, -0.05) is 12.1 Å². The topological polar surface area (TPSA) is 32.3 Å². The predicted molar refractivity (Wildman–Crippen MR) is 65.1 cm³/mol. The van der Waals surface area contributed by atoms with Gasteiger partial charge in [0.1, 0.15) is 5.75 Å². The molecule has 1 aromatic carbocycles. The zero-order valence-corrected chi connectivity index (χ0v) is 10.3. The molecule has 2 N–H and O–H groups in total. The van der Waals surface area contributed by atoms with E-state index < -0.39 is 0 Å². The van der Waals surface area contributed by atoms with Crippen LogP contribution in [0.5, 0.6) is 5.75 Å². The number of nitrogens with one attached hydrogen (secondary N) is 1. The first-order valence-electron chi connectivity index (χ1n) is 5.44.